The Labute approximate surface area is 190 Å². The summed E-state index contributed by atoms with van der Waals surface area (Å²) < 4.78 is 2.23. The zero-order chi connectivity index (χ0) is 22.2. The molecule has 0 saturated carbocycles. The van der Waals surface area contributed by atoms with Gasteiger partial charge in [-0.15, -0.1) is 0 Å². The molecule has 0 atom stereocenters. The second-order valence-corrected chi connectivity index (χ2v) is 7.88. The van der Waals surface area contributed by atoms with Crippen molar-refractivity contribution in [1.82, 2.24) is 24.5 Å². The third-order valence-corrected chi connectivity index (χ3v) is 5.69. The molecule has 0 N–H and O–H groups in total. The lowest BCUT2D eigenvalue weighted by Gasteiger charge is -2.25. The number of pyridine rings is 4. The Morgan fingerprint density at radius 3 is 2.12 bits per heavy atom. The Bertz CT molecular complexity index is 1480. The summed E-state index contributed by atoms with van der Waals surface area (Å²) in [6.07, 6.45) is 12.8. The minimum Gasteiger partial charge on any atom is -0.307 e. The van der Waals surface area contributed by atoms with Crippen LogP contribution in [0.4, 0.5) is 17.1 Å². The number of hydrogen-bond acceptors (Lipinski definition) is 5. The Morgan fingerprint density at radius 2 is 1.39 bits per heavy atom. The Balaban J connectivity index is 1.62. The number of hydrogen-bond donors (Lipinski definition) is 0. The second kappa shape index (κ2) is 7.84. The maximum atomic E-state index is 4.66. The first-order valence-corrected chi connectivity index (χ1v) is 10.7. The topological polar surface area (TPSA) is 59.7 Å². The van der Waals surface area contributed by atoms with E-state index in [4.69, 9.17) is 0 Å². The van der Waals surface area contributed by atoms with Crippen LogP contribution < -0.4 is 4.90 Å². The van der Waals surface area contributed by atoms with E-state index in [0.717, 1.165) is 50.2 Å². The van der Waals surface area contributed by atoms with Crippen LogP contribution in [0.15, 0.2) is 104 Å². The van der Waals surface area contributed by atoms with Crippen LogP contribution in [0, 0.1) is 6.92 Å². The van der Waals surface area contributed by atoms with E-state index in [0.29, 0.717) is 0 Å². The van der Waals surface area contributed by atoms with E-state index in [2.05, 4.69) is 72.7 Å². The first-order chi connectivity index (χ1) is 16.3. The number of benzene rings is 1. The smallest absolute Gasteiger partial charge is 0.0964 e. The lowest BCUT2D eigenvalue weighted by Crippen LogP contribution is -2.11. The van der Waals surface area contributed by atoms with Gasteiger partial charge in [0, 0.05) is 41.5 Å². The molecule has 5 aromatic heterocycles. The zero-order valence-corrected chi connectivity index (χ0v) is 18.0. The summed E-state index contributed by atoms with van der Waals surface area (Å²) in [6.45, 7) is 2.11. The molecule has 1 aromatic carbocycles. The molecule has 0 saturated heterocycles. The van der Waals surface area contributed by atoms with E-state index in [1.807, 2.05) is 55.2 Å². The number of rotatable bonds is 4. The number of aromatic nitrogens is 5. The SMILES string of the molecule is Cc1cc(N(c2cccnc2)c2cccnc2)cc(-n2c3cnccc3c3ncccc32)c1. The summed E-state index contributed by atoms with van der Waals surface area (Å²) >= 11 is 0. The number of fused-ring (bicyclic) bond motifs is 3. The molecule has 0 bridgehead atoms. The number of nitrogens with zero attached hydrogens (tertiary/aromatic N) is 6. The highest BCUT2D eigenvalue weighted by Crippen LogP contribution is 2.37. The molecule has 0 aliphatic carbocycles. The van der Waals surface area contributed by atoms with Gasteiger partial charge in [0.15, 0.2) is 0 Å². The fourth-order valence-electron chi connectivity index (χ4n) is 4.38. The fourth-order valence-corrected chi connectivity index (χ4v) is 4.38. The van der Waals surface area contributed by atoms with Gasteiger partial charge in [-0.1, -0.05) is 0 Å². The van der Waals surface area contributed by atoms with Crippen molar-refractivity contribution in [3.63, 3.8) is 0 Å². The Hall–Kier alpha value is -4.58. The van der Waals surface area contributed by atoms with Crippen molar-refractivity contribution in [3.05, 3.63) is 110 Å². The summed E-state index contributed by atoms with van der Waals surface area (Å²) in [5.74, 6) is 0. The van der Waals surface area contributed by atoms with Crippen LogP contribution in [0.5, 0.6) is 0 Å². The molecule has 0 aliphatic heterocycles. The van der Waals surface area contributed by atoms with E-state index < -0.39 is 0 Å². The molecular weight excluding hydrogens is 408 g/mol. The molecule has 0 unspecified atom stereocenters. The summed E-state index contributed by atoms with van der Waals surface area (Å²) in [7, 11) is 0. The number of aryl methyl sites for hydroxylation is 1. The lowest BCUT2D eigenvalue weighted by molar-refractivity contribution is 1.14. The monoisotopic (exact) mass is 428 g/mol. The van der Waals surface area contributed by atoms with E-state index in [-0.39, 0.29) is 0 Å². The maximum absolute atomic E-state index is 4.66. The summed E-state index contributed by atoms with van der Waals surface area (Å²) in [5, 5.41) is 1.08. The Morgan fingerprint density at radius 1 is 0.667 bits per heavy atom. The summed E-state index contributed by atoms with van der Waals surface area (Å²) in [4.78, 5) is 19.9. The van der Waals surface area contributed by atoms with Gasteiger partial charge in [-0.05, 0) is 73.2 Å². The molecule has 6 heteroatoms. The zero-order valence-electron chi connectivity index (χ0n) is 18.0. The predicted octanol–water partition coefficient (Wildman–Crippen LogP) is 6.14. The van der Waals surface area contributed by atoms with Crippen molar-refractivity contribution in [3.8, 4) is 5.69 Å². The first-order valence-electron chi connectivity index (χ1n) is 10.7. The molecule has 5 heterocycles. The third-order valence-electron chi connectivity index (χ3n) is 5.69. The molecule has 0 amide bonds. The standard InChI is InChI=1S/C27H20N6/c1-19-13-22(32(20-5-2-9-28-16-20)21-6-3-10-29-17-21)15-23(14-19)33-25-7-4-11-31-27(25)24-8-12-30-18-26(24)33/h2-18H,1H3. The van der Waals surface area contributed by atoms with Crippen LogP contribution in [-0.4, -0.2) is 24.5 Å². The highest BCUT2D eigenvalue weighted by molar-refractivity contribution is 6.06. The van der Waals surface area contributed by atoms with Gasteiger partial charge >= 0.3 is 0 Å². The highest BCUT2D eigenvalue weighted by Gasteiger charge is 2.17. The van der Waals surface area contributed by atoms with Gasteiger partial charge in [0.05, 0.1) is 46.5 Å². The van der Waals surface area contributed by atoms with Crippen molar-refractivity contribution in [2.24, 2.45) is 0 Å². The molecule has 33 heavy (non-hydrogen) atoms. The first kappa shape index (κ1) is 19.1. The summed E-state index contributed by atoms with van der Waals surface area (Å²) in [5.41, 5.74) is 8.18. The van der Waals surface area contributed by atoms with Gasteiger partial charge in [0.2, 0.25) is 0 Å². The normalized spacial score (nSPS) is 11.2. The largest absolute Gasteiger partial charge is 0.307 e. The van der Waals surface area contributed by atoms with Crippen LogP contribution in [0.25, 0.3) is 27.6 Å². The van der Waals surface area contributed by atoms with E-state index in [9.17, 15) is 0 Å². The minimum absolute atomic E-state index is 0.965. The van der Waals surface area contributed by atoms with Gasteiger partial charge in [-0.2, -0.15) is 0 Å². The van der Waals surface area contributed by atoms with Crippen LogP contribution in [0.2, 0.25) is 0 Å². The highest BCUT2D eigenvalue weighted by atomic mass is 15.2. The molecule has 0 radical (unpaired) electrons. The molecule has 0 spiro atoms. The second-order valence-electron chi connectivity index (χ2n) is 7.88. The maximum Gasteiger partial charge on any atom is 0.0964 e. The van der Waals surface area contributed by atoms with Crippen molar-refractivity contribution in [1.29, 1.82) is 0 Å². The van der Waals surface area contributed by atoms with E-state index in [1.165, 1.54) is 0 Å². The van der Waals surface area contributed by atoms with Gasteiger partial charge in [-0.25, -0.2) is 0 Å². The van der Waals surface area contributed by atoms with Crippen LogP contribution >= 0.6 is 0 Å². The van der Waals surface area contributed by atoms with Gasteiger partial charge < -0.3 is 9.47 Å². The Kier molecular flexibility index (Phi) is 4.54. The molecule has 6 rings (SSSR count). The van der Waals surface area contributed by atoms with Gasteiger partial charge in [0.1, 0.15) is 0 Å². The minimum atomic E-state index is 0.965. The van der Waals surface area contributed by atoms with Crippen molar-refractivity contribution < 1.29 is 0 Å². The molecule has 6 nitrogen and oxygen atoms in total. The average Bonchev–Trinajstić information content (AvgIpc) is 3.20. The quantitative estimate of drug-likeness (QED) is 0.337. The van der Waals surface area contributed by atoms with Crippen molar-refractivity contribution >= 4 is 39.0 Å². The van der Waals surface area contributed by atoms with Crippen LogP contribution in [0.3, 0.4) is 0 Å². The molecular formula is C27H20N6. The summed E-state index contributed by atoms with van der Waals surface area (Å²) in [6, 6.07) is 20.6. The molecule has 158 valence electrons. The van der Waals surface area contributed by atoms with Crippen molar-refractivity contribution in [2.75, 3.05) is 4.90 Å². The molecule has 0 aliphatic rings. The third kappa shape index (κ3) is 3.29. The van der Waals surface area contributed by atoms with E-state index >= 15 is 0 Å². The molecule has 0 fully saturated rings. The van der Waals surface area contributed by atoms with Crippen LogP contribution in [-0.2, 0) is 0 Å². The van der Waals surface area contributed by atoms with E-state index in [1.54, 1.807) is 12.4 Å². The van der Waals surface area contributed by atoms with Gasteiger partial charge in [0.25, 0.3) is 0 Å². The average molecular weight is 428 g/mol. The fraction of sp³-hybridized carbons (Fsp3) is 0.0370. The predicted molar refractivity (Wildman–Crippen MR) is 131 cm³/mol. The molecule has 6 aromatic rings. The number of anilines is 3. The van der Waals surface area contributed by atoms with Crippen LogP contribution in [0.1, 0.15) is 5.56 Å². The van der Waals surface area contributed by atoms with Gasteiger partial charge in [-0.3, -0.25) is 19.9 Å². The lowest BCUT2D eigenvalue weighted by atomic mass is 10.1. The van der Waals surface area contributed by atoms with Crippen molar-refractivity contribution in [2.45, 2.75) is 6.92 Å².